The average molecular weight is 410 g/mol. The van der Waals surface area contributed by atoms with E-state index < -0.39 is 11.9 Å². The van der Waals surface area contributed by atoms with Crippen molar-refractivity contribution in [2.75, 3.05) is 43.2 Å². The number of rotatable bonds is 5. The number of esters is 1. The van der Waals surface area contributed by atoms with Gasteiger partial charge in [-0.1, -0.05) is 18.2 Å². The van der Waals surface area contributed by atoms with Gasteiger partial charge in [-0.3, -0.25) is 14.4 Å². The summed E-state index contributed by atoms with van der Waals surface area (Å²) in [7, 11) is 1.62. The number of anilines is 2. The number of para-hydroxylation sites is 1. The minimum atomic E-state index is -0.625. The average Bonchev–Trinajstić information content (AvgIpc) is 3.18. The number of nitrogens with zero attached hydrogens (tertiary/aromatic N) is 2. The predicted molar refractivity (Wildman–Crippen MR) is 109 cm³/mol. The highest BCUT2D eigenvalue weighted by molar-refractivity contribution is 6.00. The zero-order valence-electron chi connectivity index (χ0n) is 16.6. The van der Waals surface area contributed by atoms with Crippen LogP contribution in [0, 0.1) is 5.92 Å². The molecular formula is C22H22N2O6. The first-order chi connectivity index (χ1) is 14.5. The SMILES string of the molecule is CN(C(=O)COC(=O)[C@@H]1CC(=O)N(c2ccc3c(c2)OCCO3)C1)c1ccccc1. The molecule has 0 saturated carbocycles. The number of benzene rings is 2. The number of carbonyl (C=O) groups excluding carboxylic acids is 3. The summed E-state index contributed by atoms with van der Waals surface area (Å²) in [4.78, 5) is 40.2. The summed E-state index contributed by atoms with van der Waals surface area (Å²) in [5.41, 5.74) is 1.35. The molecule has 2 heterocycles. The van der Waals surface area contributed by atoms with Gasteiger partial charge in [0.2, 0.25) is 5.91 Å². The molecule has 0 radical (unpaired) electrons. The Balaban J connectivity index is 1.34. The number of hydrogen-bond acceptors (Lipinski definition) is 6. The third-order valence-corrected chi connectivity index (χ3v) is 5.15. The Kier molecular flexibility index (Phi) is 5.56. The van der Waals surface area contributed by atoms with Gasteiger partial charge in [-0.25, -0.2) is 0 Å². The summed E-state index contributed by atoms with van der Waals surface area (Å²) in [5.74, 6) is -0.497. The quantitative estimate of drug-likeness (QED) is 0.701. The van der Waals surface area contributed by atoms with Crippen molar-refractivity contribution in [3.05, 3.63) is 48.5 Å². The fourth-order valence-corrected chi connectivity index (χ4v) is 3.46. The van der Waals surface area contributed by atoms with Gasteiger partial charge in [0.25, 0.3) is 5.91 Å². The molecule has 2 aromatic carbocycles. The maximum Gasteiger partial charge on any atom is 0.311 e. The maximum atomic E-state index is 12.5. The summed E-state index contributed by atoms with van der Waals surface area (Å²) in [6.07, 6.45) is 0.0377. The zero-order chi connectivity index (χ0) is 21.1. The normalized spacial score (nSPS) is 17.6. The Hall–Kier alpha value is -3.55. The number of carbonyl (C=O) groups is 3. The van der Waals surface area contributed by atoms with Crippen LogP contribution in [0.25, 0.3) is 0 Å². The van der Waals surface area contributed by atoms with Gasteiger partial charge in [0.1, 0.15) is 13.2 Å². The topological polar surface area (TPSA) is 85.4 Å². The molecule has 2 aromatic rings. The maximum absolute atomic E-state index is 12.5. The van der Waals surface area contributed by atoms with Crippen molar-refractivity contribution in [1.29, 1.82) is 0 Å². The first-order valence-electron chi connectivity index (χ1n) is 9.71. The van der Waals surface area contributed by atoms with Gasteiger partial charge in [-0.2, -0.15) is 0 Å². The molecule has 0 aromatic heterocycles. The van der Waals surface area contributed by atoms with E-state index in [-0.39, 0.29) is 31.4 Å². The van der Waals surface area contributed by atoms with Crippen LogP contribution in [0.4, 0.5) is 11.4 Å². The Labute approximate surface area is 173 Å². The highest BCUT2D eigenvalue weighted by Gasteiger charge is 2.37. The van der Waals surface area contributed by atoms with Crippen molar-refractivity contribution in [3.63, 3.8) is 0 Å². The molecule has 1 saturated heterocycles. The van der Waals surface area contributed by atoms with Gasteiger partial charge in [0.15, 0.2) is 18.1 Å². The lowest BCUT2D eigenvalue weighted by Gasteiger charge is -2.22. The van der Waals surface area contributed by atoms with Crippen LogP contribution in [0.15, 0.2) is 48.5 Å². The van der Waals surface area contributed by atoms with E-state index in [2.05, 4.69) is 0 Å². The predicted octanol–water partition coefficient (Wildman–Crippen LogP) is 2.02. The van der Waals surface area contributed by atoms with E-state index in [1.54, 1.807) is 37.4 Å². The molecule has 0 bridgehead atoms. The van der Waals surface area contributed by atoms with Crippen LogP contribution < -0.4 is 19.3 Å². The van der Waals surface area contributed by atoms with Gasteiger partial charge in [-0.05, 0) is 24.3 Å². The lowest BCUT2D eigenvalue weighted by Crippen LogP contribution is -2.33. The van der Waals surface area contributed by atoms with Crippen LogP contribution in [0.1, 0.15) is 6.42 Å². The molecule has 1 atom stereocenters. The molecule has 2 aliphatic rings. The highest BCUT2D eigenvalue weighted by Crippen LogP contribution is 2.36. The smallest absolute Gasteiger partial charge is 0.311 e. The lowest BCUT2D eigenvalue weighted by atomic mass is 10.1. The van der Waals surface area contributed by atoms with Crippen molar-refractivity contribution in [2.24, 2.45) is 5.92 Å². The van der Waals surface area contributed by atoms with Gasteiger partial charge >= 0.3 is 5.97 Å². The van der Waals surface area contributed by atoms with E-state index >= 15 is 0 Å². The van der Waals surface area contributed by atoms with Crippen molar-refractivity contribution < 1.29 is 28.6 Å². The standard InChI is InChI=1S/C22H22N2O6/c1-23(16-5-3-2-4-6-16)21(26)14-30-22(27)15-11-20(25)24(13-15)17-7-8-18-19(12-17)29-10-9-28-18/h2-8,12,15H,9-11,13-14H2,1H3/t15-/m1/s1. The molecule has 2 amide bonds. The second kappa shape index (κ2) is 8.44. The zero-order valence-corrected chi connectivity index (χ0v) is 16.6. The molecule has 30 heavy (non-hydrogen) atoms. The molecule has 8 heteroatoms. The summed E-state index contributed by atoms with van der Waals surface area (Å²) in [6, 6.07) is 14.3. The molecule has 1 fully saturated rings. The van der Waals surface area contributed by atoms with Crippen LogP contribution in [0.5, 0.6) is 11.5 Å². The minimum absolute atomic E-state index is 0.0377. The Bertz CT molecular complexity index is 961. The van der Waals surface area contributed by atoms with E-state index in [9.17, 15) is 14.4 Å². The van der Waals surface area contributed by atoms with Gasteiger partial charge < -0.3 is 24.0 Å². The van der Waals surface area contributed by atoms with Crippen LogP contribution in [-0.4, -0.2) is 51.2 Å². The second-order valence-corrected chi connectivity index (χ2v) is 7.13. The lowest BCUT2D eigenvalue weighted by molar-refractivity contribution is -0.151. The third kappa shape index (κ3) is 4.07. The van der Waals surface area contributed by atoms with Crippen LogP contribution in [0.2, 0.25) is 0 Å². The minimum Gasteiger partial charge on any atom is -0.486 e. The Morgan fingerprint density at radius 3 is 2.60 bits per heavy atom. The second-order valence-electron chi connectivity index (χ2n) is 7.13. The molecule has 0 N–H and O–H groups in total. The van der Waals surface area contributed by atoms with Crippen molar-refractivity contribution in [2.45, 2.75) is 6.42 Å². The Morgan fingerprint density at radius 2 is 1.83 bits per heavy atom. The van der Waals surface area contributed by atoms with Crippen molar-refractivity contribution in [1.82, 2.24) is 0 Å². The molecule has 0 unspecified atom stereocenters. The van der Waals surface area contributed by atoms with E-state index in [0.717, 1.165) is 0 Å². The molecule has 0 aliphatic carbocycles. The molecule has 156 valence electrons. The largest absolute Gasteiger partial charge is 0.486 e. The third-order valence-electron chi connectivity index (χ3n) is 5.15. The van der Waals surface area contributed by atoms with Crippen molar-refractivity contribution >= 4 is 29.2 Å². The highest BCUT2D eigenvalue weighted by atomic mass is 16.6. The van der Waals surface area contributed by atoms with Crippen LogP contribution in [0.3, 0.4) is 0 Å². The molecule has 2 aliphatic heterocycles. The van der Waals surface area contributed by atoms with Crippen LogP contribution >= 0.6 is 0 Å². The fourth-order valence-electron chi connectivity index (χ4n) is 3.46. The van der Waals surface area contributed by atoms with E-state index in [0.29, 0.717) is 36.1 Å². The number of fused-ring (bicyclic) bond motifs is 1. The fraction of sp³-hybridized carbons (Fsp3) is 0.318. The summed E-state index contributed by atoms with van der Waals surface area (Å²) in [6.45, 7) is 0.755. The summed E-state index contributed by atoms with van der Waals surface area (Å²) in [5, 5.41) is 0. The molecule has 8 nitrogen and oxygen atoms in total. The summed E-state index contributed by atoms with van der Waals surface area (Å²) < 4.78 is 16.3. The van der Waals surface area contributed by atoms with Gasteiger partial charge in [-0.15, -0.1) is 0 Å². The van der Waals surface area contributed by atoms with E-state index in [4.69, 9.17) is 14.2 Å². The first kappa shape index (κ1) is 19.8. The van der Waals surface area contributed by atoms with Crippen molar-refractivity contribution in [3.8, 4) is 11.5 Å². The number of ether oxygens (including phenoxy) is 3. The monoisotopic (exact) mass is 410 g/mol. The Morgan fingerprint density at radius 1 is 1.10 bits per heavy atom. The van der Waals surface area contributed by atoms with Crippen LogP contribution in [-0.2, 0) is 19.1 Å². The first-order valence-corrected chi connectivity index (χ1v) is 9.71. The number of hydrogen-bond donors (Lipinski definition) is 0. The van der Waals surface area contributed by atoms with E-state index in [1.807, 2.05) is 18.2 Å². The number of likely N-dealkylation sites (N-methyl/N-ethyl adjacent to an activating group) is 1. The molecule has 4 rings (SSSR count). The van der Waals surface area contributed by atoms with Gasteiger partial charge in [0.05, 0.1) is 5.92 Å². The van der Waals surface area contributed by atoms with E-state index in [1.165, 1.54) is 9.80 Å². The molecule has 0 spiro atoms. The van der Waals surface area contributed by atoms with Gasteiger partial charge in [0, 0.05) is 37.5 Å². The summed E-state index contributed by atoms with van der Waals surface area (Å²) >= 11 is 0. The molecular weight excluding hydrogens is 388 g/mol. The number of amides is 2.